The van der Waals surface area contributed by atoms with Gasteiger partial charge in [-0.05, 0) is 6.07 Å². The van der Waals surface area contributed by atoms with Crippen molar-refractivity contribution < 1.29 is 4.92 Å². The molecule has 0 heterocycles. The summed E-state index contributed by atoms with van der Waals surface area (Å²) in [5.74, 6) is 0. The van der Waals surface area contributed by atoms with Crippen molar-refractivity contribution in [2.24, 2.45) is 5.10 Å². The fourth-order valence-electron chi connectivity index (χ4n) is 1.18. The number of hydrazone groups is 1. The molecule has 90 valence electrons. The van der Waals surface area contributed by atoms with E-state index in [9.17, 15) is 10.1 Å². The maximum absolute atomic E-state index is 10.8. The topological polar surface area (TPSA) is 115 Å². The van der Waals surface area contributed by atoms with Gasteiger partial charge < -0.3 is 0 Å². The second kappa shape index (κ2) is 6.33. The van der Waals surface area contributed by atoms with Crippen molar-refractivity contribution >= 4 is 33.0 Å². The number of nitro benzene ring substituents is 1. The molecule has 1 aromatic rings. The Morgan fingerprint density at radius 2 is 2.17 bits per heavy atom. The number of hydrogen-bond donors (Lipinski definition) is 1. The molecule has 0 aliphatic carbocycles. The zero-order valence-corrected chi connectivity index (χ0v) is 10.5. The van der Waals surface area contributed by atoms with E-state index in [-0.39, 0.29) is 16.7 Å². The van der Waals surface area contributed by atoms with Gasteiger partial charge in [0.05, 0.1) is 16.2 Å². The Morgan fingerprint density at radius 1 is 1.50 bits per heavy atom. The SMILES string of the molecule is N#CC(C#N)=NNc1cccc([N+](=O)[O-])c1CBr. The molecule has 0 atom stereocenters. The predicted octanol–water partition coefficient (Wildman–Crippen LogP) is 2.30. The fourth-order valence-corrected chi connectivity index (χ4v) is 1.77. The third-order valence-electron chi connectivity index (χ3n) is 1.98. The normalized spacial score (nSPS) is 8.83. The minimum Gasteiger partial charge on any atom is -0.276 e. The van der Waals surface area contributed by atoms with Crippen LogP contribution in [0.2, 0.25) is 0 Å². The second-order valence-corrected chi connectivity index (χ2v) is 3.55. The smallest absolute Gasteiger partial charge is 0.275 e. The maximum atomic E-state index is 10.8. The molecule has 0 aliphatic rings. The van der Waals surface area contributed by atoms with Gasteiger partial charge in [-0.15, -0.1) is 0 Å². The van der Waals surface area contributed by atoms with Gasteiger partial charge in [0.15, 0.2) is 0 Å². The molecule has 0 fully saturated rings. The highest BCUT2D eigenvalue weighted by atomic mass is 79.9. The van der Waals surface area contributed by atoms with Crippen molar-refractivity contribution in [3.05, 3.63) is 33.9 Å². The Labute approximate surface area is 111 Å². The number of nitrogens with one attached hydrogen (secondary N) is 1. The van der Waals surface area contributed by atoms with Crippen molar-refractivity contribution in [3.63, 3.8) is 0 Å². The zero-order chi connectivity index (χ0) is 13.5. The number of hydrogen-bond acceptors (Lipinski definition) is 6. The molecule has 18 heavy (non-hydrogen) atoms. The first kappa shape index (κ1) is 13.6. The van der Waals surface area contributed by atoms with Gasteiger partial charge in [0.2, 0.25) is 5.71 Å². The number of halogens is 1. The van der Waals surface area contributed by atoms with Gasteiger partial charge in [-0.3, -0.25) is 15.5 Å². The molecule has 0 unspecified atom stereocenters. The number of alkyl halides is 1. The Kier molecular flexibility index (Phi) is 4.78. The van der Waals surface area contributed by atoms with Crippen LogP contribution in [0.15, 0.2) is 23.3 Å². The van der Waals surface area contributed by atoms with Crippen LogP contribution in [-0.2, 0) is 5.33 Å². The standard InChI is InChI=1S/C10H6BrN5O2/c11-4-8-9(15-14-7(5-12)6-13)2-1-3-10(8)16(17)18/h1-3,15H,4H2. The number of nitro groups is 1. The Bertz CT molecular complexity index is 569. The van der Waals surface area contributed by atoms with Crippen LogP contribution in [-0.4, -0.2) is 10.6 Å². The van der Waals surface area contributed by atoms with Crippen LogP contribution in [0.25, 0.3) is 0 Å². The second-order valence-electron chi connectivity index (χ2n) is 2.99. The van der Waals surface area contributed by atoms with Crippen LogP contribution >= 0.6 is 15.9 Å². The summed E-state index contributed by atoms with van der Waals surface area (Å²) in [4.78, 5) is 10.3. The molecule has 0 aliphatic heterocycles. The van der Waals surface area contributed by atoms with E-state index in [1.54, 1.807) is 18.2 Å². The highest BCUT2D eigenvalue weighted by Crippen LogP contribution is 2.28. The first-order chi connectivity index (χ1) is 8.63. The van der Waals surface area contributed by atoms with Gasteiger partial charge in [0, 0.05) is 11.4 Å². The Balaban J connectivity index is 3.16. The van der Waals surface area contributed by atoms with E-state index in [0.717, 1.165) is 0 Å². The average Bonchev–Trinajstić information content (AvgIpc) is 2.39. The third kappa shape index (κ3) is 3.03. The van der Waals surface area contributed by atoms with E-state index >= 15 is 0 Å². The molecule has 1 aromatic carbocycles. The lowest BCUT2D eigenvalue weighted by atomic mass is 10.1. The molecular weight excluding hydrogens is 302 g/mol. The van der Waals surface area contributed by atoms with Crippen molar-refractivity contribution in [1.29, 1.82) is 10.5 Å². The highest BCUT2D eigenvalue weighted by Gasteiger charge is 2.16. The number of nitrogens with zero attached hydrogens (tertiary/aromatic N) is 4. The van der Waals surface area contributed by atoms with Gasteiger partial charge in [0.1, 0.15) is 12.1 Å². The Hall–Kier alpha value is -2.45. The maximum Gasteiger partial charge on any atom is 0.275 e. The van der Waals surface area contributed by atoms with Gasteiger partial charge >= 0.3 is 0 Å². The predicted molar refractivity (Wildman–Crippen MR) is 68.0 cm³/mol. The third-order valence-corrected chi connectivity index (χ3v) is 2.54. The van der Waals surface area contributed by atoms with Crippen LogP contribution in [0, 0.1) is 32.8 Å². The molecule has 8 heteroatoms. The summed E-state index contributed by atoms with van der Waals surface area (Å²) >= 11 is 3.15. The highest BCUT2D eigenvalue weighted by molar-refractivity contribution is 9.08. The van der Waals surface area contributed by atoms with Crippen LogP contribution in [0.3, 0.4) is 0 Å². The van der Waals surface area contributed by atoms with Gasteiger partial charge in [-0.25, -0.2) is 0 Å². The lowest BCUT2D eigenvalue weighted by Crippen LogP contribution is -2.01. The minimum absolute atomic E-state index is 0.0671. The summed E-state index contributed by atoms with van der Waals surface area (Å²) in [5.41, 5.74) is 2.80. The van der Waals surface area contributed by atoms with Gasteiger partial charge in [0.25, 0.3) is 5.69 Å². The lowest BCUT2D eigenvalue weighted by molar-refractivity contribution is -0.385. The summed E-state index contributed by atoms with van der Waals surface area (Å²) in [7, 11) is 0. The molecule has 0 saturated heterocycles. The molecule has 1 rings (SSSR count). The molecule has 0 saturated carbocycles. The number of rotatable bonds is 4. The molecule has 0 spiro atoms. The number of benzene rings is 1. The monoisotopic (exact) mass is 307 g/mol. The molecule has 0 bridgehead atoms. The van der Waals surface area contributed by atoms with Crippen LogP contribution in [0.1, 0.15) is 5.56 Å². The van der Waals surface area contributed by atoms with E-state index in [2.05, 4.69) is 26.5 Å². The van der Waals surface area contributed by atoms with Gasteiger partial charge in [-0.1, -0.05) is 22.0 Å². The summed E-state index contributed by atoms with van der Waals surface area (Å²) in [6, 6.07) is 7.57. The molecular formula is C10H6BrN5O2. The first-order valence-electron chi connectivity index (χ1n) is 4.60. The van der Waals surface area contributed by atoms with Crippen LogP contribution in [0.5, 0.6) is 0 Å². The zero-order valence-electron chi connectivity index (χ0n) is 8.92. The largest absolute Gasteiger partial charge is 0.276 e. The van der Waals surface area contributed by atoms with Crippen molar-refractivity contribution in [2.45, 2.75) is 5.33 Å². The number of nitriles is 2. The summed E-state index contributed by atoms with van der Waals surface area (Å²) in [6.45, 7) is 0. The van der Waals surface area contributed by atoms with Crippen molar-refractivity contribution in [2.75, 3.05) is 5.43 Å². The van der Waals surface area contributed by atoms with E-state index < -0.39 is 4.92 Å². The molecule has 7 nitrogen and oxygen atoms in total. The van der Waals surface area contributed by atoms with E-state index in [4.69, 9.17) is 10.5 Å². The lowest BCUT2D eigenvalue weighted by Gasteiger charge is -2.06. The van der Waals surface area contributed by atoms with E-state index in [1.165, 1.54) is 12.1 Å². The van der Waals surface area contributed by atoms with Crippen molar-refractivity contribution in [3.8, 4) is 12.1 Å². The molecule has 0 radical (unpaired) electrons. The average molecular weight is 308 g/mol. The molecule has 1 N–H and O–H groups in total. The first-order valence-corrected chi connectivity index (χ1v) is 5.72. The molecule has 0 amide bonds. The van der Waals surface area contributed by atoms with Gasteiger partial charge in [-0.2, -0.15) is 15.6 Å². The quantitative estimate of drug-likeness (QED) is 0.396. The fraction of sp³-hybridized carbons (Fsp3) is 0.100. The molecule has 0 aromatic heterocycles. The van der Waals surface area contributed by atoms with Crippen LogP contribution < -0.4 is 5.43 Å². The minimum atomic E-state index is -0.513. The van der Waals surface area contributed by atoms with Crippen molar-refractivity contribution in [1.82, 2.24) is 0 Å². The Morgan fingerprint density at radius 3 is 2.67 bits per heavy atom. The van der Waals surface area contributed by atoms with Crippen LogP contribution in [0.4, 0.5) is 11.4 Å². The summed E-state index contributed by atoms with van der Waals surface area (Å²) in [6.07, 6.45) is 0. The summed E-state index contributed by atoms with van der Waals surface area (Å²) < 4.78 is 0. The van der Waals surface area contributed by atoms with E-state index in [0.29, 0.717) is 11.3 Å². The number of anilines is 1. The summed E-state index contributed by atoms with van der Waals surface area (Å²) in [5, 5.41) is 31.6. The van der Waals surface area contributed by atoms with E-state index in [1.807, 2.05) is 0 Å².